The number of methoxy groups -OCH3 is 1. The lowest BCUT2D eigenvalue weighted by atomic mass is 10.6. The fourth-order valence-corrected chi connectivity index (χ4v) is 0.507. The van der Waals surface area contributed by atoms with Crippen molar-refractivity contribution >= 4 is 5.97 Å². The molecule has 11 heavy (non-hydrogen) atoms. The zero-order valence-corrected chi connectivity index (χ0v) is 7.01. The summed E-state index contributed by atoms with van der Waals surface area (Å²) in [6, 6.07) is 0. The van der Waals surface area contributed by atoms with E-state index >= 15 is 0 Å². The molecule has 0 aromatic rings. The third kappa shape index (κ3) is 4.25. The number of esters is 1. The minimum Gasteiger partial charge on any atom is -0.479 e. The summed E-state index contributed by atoms with van der Waals surface area (Å²) in [6.45, 7) is 2.35. The number of hydrogen-bond acceptors (Lipinski definition) is 4. The SMILES string of the molecule is CCO/C(=C/C(=O)OC)NC. The van der Waals surface area contributed by atoms with E-state index < -0.39 is 5.97 Å². The molecule has 0 fully saturated rings. The Morgan fingerprint density at radius 3 is 2.64 bits per heavy atom. The molecule has 0 unspecified atom stereocenters. The first-order valence-corrected chi connectivity index (χ1v) is 3.34. The molecule has 64 valence electrons. The maximum atomic E-state index is 10.6. The summed E-state index contributed by atoms with van der Waals surface area (Å²) in [5.74, 6) is -0.0119. The lowest BCUT2D eigenvalue weighted by Gasteiger charge is -2.05. The zero-order chi connectivity index (χ0) is 8.69. The van der Waals surface area contributed by atoms with E-state index in [-0.39, 0.29) is 0 Å². The number of nitrogens with one attached hydrogen (secondary N) is 1. The van der Waals surface area contributed by atoms with Gasteiger partial charge in [0.05, 0.1) is 19.8 Å². The molecule has 0 atom stereocenters. The van der Waals surface area contributed by atoms with Crippen LogP contribution in [0.2, 0.25) is 0 Å². The first kappa shape index (κ1) is 9.81. The molecular formula is C7H13NO3. The van der Waals surface area contributed by atoms with Crippen LogP contribution in [0.4, 0.5) is 0 Å². The van der Waals surface area contributed by atoms with Gasteiger partial charge in [0.1, 0.15) is 0 Å². The van der Waals surface area contributed by atoms with Crippen molar-refractivity contribution in [3.63, 3.8) is 0 Å². The highest BCUT2D eigenvalue weighted by molar-refractivity contribution is 5.82. The van der Waals surface area contributed by atoms with Crippen LogP contribution in [0.3, 0.4) is 0 Å². The summed E-state index contributed by atoms with van der Waals surface area (Å²) in [4.78, 5) is 10.6. The highest BCUT2D eigenvalue weighted by atomic mass is 16.5. The van der Waals surface area contributed by atoms with E-state index in [1.54, 1.807) is 7.05 Å². The maximum Gasteiger partial charge on any atom is 0.335 e. The molecule has 0 amide bonds. The molecule has 0 aliphatic rings. The third-order valence-corrected chi connectivity index (χ3v) is 0.996. The van der Waals surface area contributed by atoms with Gasteiger partial charge in [0.25, 0.3) is 0 Å². The van der Waals surface area contributed by atoms with E-state index in [1.807, 2.05) is 6.92 Å². The molecule has 4 heteroatoms. The monoisotopic (exact) mass is 159 g/mol. The fraction of sp³-hybridized carbons (Fsp3) is 0.571. The van der Waals surface area contributed by atoms with E-state index in [9.17, 15) is 4.79 Å². The van der Waals surface area contributed by atoms with E-state index in [4.69, 9.17) is 4.74 Å². The Kier molecular flexibility index (Phi) is 4.98. The van der Waals surface area contributed by atoms with Crippen LogP contribution in [0, 0.1) is 0 Å². The van der Waals surface area contributed by atoms with Crippen LogP contribution in [-0.4, -0.2) is 26.7 Å². The van der Waals surface area contributed by atoms with Crippen molar-refractivity contribution in [2.75, 3.05) is 20.8 Å². The van der Waals surface area contributed by atoms with Crippen molar-refractivity contribution in [2.24, 2.45) is 0 Å². The minimum atomic E-state index is -0.428. The number of carbonyl (C=O) groups excluding carboxylic acids is 1. The summed E-state index contributed by atoms with van der Waals surface area (Å²) in [5.41, 5.74) is 0. The molecule has 0 heterocycles. The Bertz CT molecular complexity index is 154. The van der Waals surface area contributed by atoms with Gasteiger partial charge in [0.15, 0.2) is 5.88 Å². The molecule has 0 rings (SSSR count). The van der Waals surface area contributed by atoms with E-state index in [0.717, 1.165) is 0 Å². The third-order valence-electron chi connectivity index (χ3n) is 0.996. The Hall–Kier alpha value is -1.19. The van der Waals surface area contributed by atoms with E-state index in [0.29, 0.717) is 12.5 Å². The van der Waals surface area contributed by atoms with Gasteiger partial charge in [-0.05, 0) is 6.92 Å². The summed E-state index contributed by atoms with van der Waals surface area (Å²) < 4.78 is 9.41. The summed E-state index contributed by atoms with van der Waals surface area (Å²) in [7, 11) is 2.99. The number of hydrogen-bond donors (Lipinski definition) is 1. The van der Waals surface area contributed by atoms with Gasteiger partial charge in [-0.25, -0.2) is 4.79 Å². The molecule has 0 aliphatic carbocycles. The van der Waals surface area contributed by atoms with Crippen LogP contribution in [0.5, 0.6) is 0 Å². The number of rotatable bonds is 4. The predicted octanol–water partition coefficient (Wildman–Crippen LogP) is 0.257. The van der Waals surface area contributed by atoms with Gasteiger partial charge in [-0.3, -0.25) is 0 Å². The number of carbonyl (C=O) groups is 1. The van der Waals surface area contributed by atoms with E-state index in [2.05, 4.69) is 10.1 Å². The Labute approximate surface area is 66.2 Å². The molecule has 0 aromatic heterocycles. The van der Waals surface area contributed by atoms with Crippen molar-refractivity contribution in [1.29, 1.82) is 0 Å². The Balaban J connectivity index is 3.99. The maximum absolute atomic E-state index is 10.6. The molecule has 1 N–H and O–H groups in total. The molecule has 0 saturated carbocycles. The van der Waals surface area contributed by atoms with Crippen molar-refractivity contribution in [1.82, 2.24) is 5.32 Å². The molecule has 0 radical (unpaired) electrons. The van der Waals surface area contributed by atoms with Gasteiger partial charge in [-0.2, -0.15) is 0 Å². The van der Waals surface area contributed by atoms with Gasteiger partial charge >= 0.3 is 5.97 Å². The van der Waals surface area contributed by atoms with Gasteiger partial charge in [0.2, 0.25) is 0 Å². The average Bonchev–Trinajstić information content (AvgIpc) is 2.03. The molecule has 0 saturated heterocycles. The summed E-state index contributed by atoms with van der Waals surface area (Å²) >= 11 is 0. The van der Waals surface area contributed by atoms with E-state index in [1.165, 1.54) is 13.2 Å². The molecule has 0 aromatic carbocycles. The smallest absolute Gasteiger partial charge is 0.335 e. The van der Waals surface area contributed by atoms with Gasteiger partial charge in [-0.15, -0.1) is 0 Å². The highest BCUT2D eigenvalue weighted by Gasteiger charge is 1.98. The van der Waals surface area contributed by atoms with Crippen LogP contribution in [0.15, 0.2) is 12.0 Å². The van der Waals surface area contributed by atoms with Crippen molar-refractivity contribution in [2.45, 2.75) is 6.92 Å². The van der Waals surface area contributed by atoms with Crippen LogP contribution < -0.4 is 5.32 Å². The van der Waals surface area contributed by atoms with Crippen LogP contribution in [-0.2, 0) is 14.3 Å². The predicted molar refractivity (Wildman–Crippen MR) is 40.8 cm³/mol. The summed E-state index contributed by atoms with van der Waals surface area (Å²) in [6.07, 6.45) is 1.25. The second-order valence-electron chi connectivity index (χ2n) is 1.71. The normalized spacial score (nSPS) is 10.6. The van der Waals surface area contributed by atoms with Gasteiger partial charge in [0, 0.05) is 7.05 Å². The van der Waals surface area contributed by atoms with Crippen LogP contribution in [0.25, 0.3) is 0 Å². The Morgan fingerprint density at radius 2 is 2.27 bits per heavy atom. The quantitative estimate of drug-likeness (QED) is 0.363. The van der Waals surface area contributed by atoms with Crippen LogP contribution >= 0.6 is 0 Å². The van der Waals surface area contributed by atoms with Crippen molar-refractivity contribution in [3.8, 4) is 0 Å². The molecule has 4 nitrogen and oxygen atoms in total. The second-order valence-corrected chi connectivity index (χ2v) is 1.71. The standard InChI is InChI=1S/C7H13NO3/c1-4-11-6(8-2)5-7(9)10-3/h5,8H,4H2,1-3H3/b6-5+. The van der Waals surface area contributed by atoms with Crippen molar-refractivity contribution in [3.05, 3.63) is 12.0 Å². The number of ether oxygens (including phenoxy) is 2. The van der Waals surface area contributed by atoms with Gasteiger partial charge < -0.3 is 14.8 Å². The topological polar surface area (TPSA) is 47.6 Å². The molecule has 0 spiro atoms. The lowest BCUT2D eigenvalue weighted by molar-refractivity contribution is -0.135. The molecule has 0 aliphatic heterocycles. The zero-order valence-electron chi connectivity index (χ0n) is 7.01. The fourth-order valence-electron chi connectivity index (χ4n) is 0.507. The summed E-state index contributed by atoms with van der Waals surface area (Å²) in [5, 5.41) is 2.71. The minimum absolute atomic E-state index is 0.416. The first-order chi connectivity index (χ1) is 5.24. The molecular weight excluding hydrogens is 146 g/mol. The first-order valence-electron chi connectivity index (χ1n) is 3.34. The van der Waals surface area contributed by atoms with Crippen molar-refractivity contribution < 1.29 is 14.3 Å². The molecule has 0 bridgehead atoms. The van der Waals surface area contributed by atoms with Gasteiger partial charge in [-0.1, -0.05) is 0 Å². The second kappa shape index (κ2) is 5.58. The average molecular weight is 159 g/mol. The highest BCUT2D eigenvalue weighted by Crippen LogP contribution is 1.91. The Morgan fingerprint density at radius 1 is 1.64 bits per heavy atom. The van der Waals surface area contributed by atoms with Crippen LogP contribution in [0.1, 0.15) is 6.92 Å². The largest absolute Gasteiger partial charge is 0.479 e. The lowest BCUT2D eigenvalue weighted by Crippen LogP contribution is -2.12.